The van der Waals surface area contributed by atoms with Crippen molar-refractivity contribution in [1.82, 2.24) is 20.3 Å². The molecular formula is C21H19F3N4O3. The molecule has 4 rings (SSSR count). The molecule has 162 valence electrons. The minimum absolute atomic E-state index is 0.00585. The van der Waals surface area contributed by atoms with E-state index in [1.54, 1.807) is 0 Å². The molecular weight excluding hydrogens is 413 g/mol. The number of alkyl halides is 3. The predicted molar refractivity (Wildman–Crippen MR) is 104 cm³/mol. The fourth-order valence-corrected chi connectivity index (χ4v) is 3.20. The minimum atomic E-state index is -4.76. The van der Waals surface area contributed by atoms with Gasteiger partial charge in [-0.25, -0.2) is 0 Å². The normalized spacial score (nSPS) is 16.8. The number of nitrogens with zero attached hydrogens (tertiary/aromatic N) is 3. The van der Waals surface area contributed by atoms with Crippen molar-refractivity contribution in [3.8, 4) is 11.4 Å². The predicted octanol–water partition coefficient (Wildman–Crippen LogP) is 3.25. The lowest BCUT2D eigenvalue weighted by Crippen LogP contribution is -2.33. The standard InChI is InChI=1S/C21H19F3N4O3/c22-21(23,24)31-17-7-5-16(6-8-17)28-26-12-18(27-28)19(29)11-14-1-3-15(4-2-14)20-13-25-9-10-30-20/h1-8,12,20,25H,9-11,13H2/t20-/m1/s1. The molecule has 1 aliphatic heterocycles. The van der Waals surface area contributed by atoms with Gasteiger partial charge in [0, 0.05) is 19.5 Å². The second kappa shape index (κ2) is 8.86. The van der Waals surface area contributed by atoms with E-state index in [0.717, 1.165) is 36.3 Å². The first kappa shape index (κ1) is 21.0. The first-order chi connectivity index (χ1) is 14.9. The van der Waals surface area contributed by atoms with Gasteiger partial charge >= 0.3 is 6.36 Å². The van der Waals surface area contributed by atoms with E-state index in [4.69, 9.17) is 4.74 Å². The van der Waals surface area contributed by atoms with Gasteiger partial charge in [0.1, 0.15) is 11.4 Å². The molecule has 0 bridgehead atoms. The van der Waals surface area contributed by atoms with Gasteiger partial charge in [0.25, 0.3) is 0 Å². The molecule has 0 spiro atoms. The van der Waals surface area contributed by atoms with E-state index < -0.39 is 6.36 Å². The van der Waals surface area contributed by atoms with Crippen molar-refractivity contribution >= 4 is 5.78 Å². The average molecular weight is 432 g/mol. The summed E-state index contributed by atoms with van der Waals surface area (Å²) in [7, 11) is 0. The van der Waals surface area contributed by atoms with Crippen LogP contribution < -0.4 is 10.1 Å². The van der Waals surface area contributed by atoms with Gasteiger partial charge in [0.05, 0.1) is 24.6 Å². The van der Waals surface area contributed by atoms with Crippen molar-refractivity contribution in [3.63, 3.8) is 0 Å². The van der Waals surface area contributed by atoms with E-state index in [1.165, 1.54) is 23.1 Å². The van der Waals surface area contributed by atoms with Crippen LogP contribution in [0.3, 0.4) is 0 Å². The fraction of sp³-hybridized carbons (Fsp3) is 0.286. The lowest BCUT2D eigenvalue weighted by Gasteiger charge is -2.24. The molecule has 10 heteroatoms. The highest BCUT2D eigenvalue weighted by Crippen LogP contribution is 2.23. The van der Waals surface area contributed by atoms with Gasteiger partial charge in [-0.1, -0.05) is 24.3 Å². The summed E-state index contributed by atoms with van der Waals surface area (Å²) in [6.07, 6.45) is -3.27. The number of hydrogen-bond acceptors (Lipinski definition) is 6. The molecule has 1 N–H and O–H groups in total. The summed E-state index contributed by atoms with van der Waals surface area (Å²) in [6.45, 7) is 2.26. The zero-order valence-electron chi connectivity index (χ0n) is 16.3. The first-order valence-electron chi connectivity index (χ1n) is 9.60. The molecule has 1 saturated heterocycles. The molecule has 0 radical (unpaired) electrons. The molecule has 31 heavy (non-hydrogen) atoms. The molecule has 2 heterocycles. The number of nitrogens with one attached hydrogen (secondary N) is 1. The summed E-state index contributed by atoms with van der Waals surface area (Å²) in [6, 6.07) is 12.7. The Labute approximate surface area is 175 Å². The number of morpholine rings is 1. The van der Waals surface area contributed by atoms with Crippen LogP contribution >= 0.6 is 0 Å². The molecule has 1 aliphatic rings. The minimum Gasteiger partial charge on any atom is -0.406 e. The van der Waals surface area contributed by atoms with E-state index in [0.29, 0.717) is 12.3 Å². The number of aromatic nitrogens is 3. The van der Waals surface area contributed by atoms with Crippen molar-refractivity contribution in [1.29, 1.82) is 0 Å². The quantitative estimate of drug-likeness (QED) is 0.603. The Bertz CT molecular complexity index is 1030. The Morgan fingerprint density at radius 1 is 1.16 bits per heavy atom. The summed E-state index contributed by atoms with van der Waals surface area (Å²) >= 11 is 0. The largest absolute Gasteiger partial charge is 0.573 e. The van der Waals surface area contributed by atoms with Crippen LogP contribution in [0.25, 0.3) is 5.69 Å². The molecule has 0 saturated carbocycles. The number of carbonyl (C=O) groups excluding carboxylic acids is 1. The van der Waals surface area contributed by atoms with Crippen LogP contribution in [-0.2, 0) is 11.2 Å². The van der Waals surface area contributed by atoms with Crippen LogP contribution in [0.15, 0.2) is 54.7 Å². The molecule has 0 amide bonds. The SMILES string of the molecule is O=C(Cc1ccc([C@H]2CNCCO2)cc1)c1cnn(-c2ccc(OC(F)(F)F)cc2)n1. The van der Waals surface area contributed by atoms with Crippen LogP contribution in [0.2, 0.25) is 0 Å². The van der Waals surface area contributed by atoms with Crippen molar-refractivity contribution in [2.45, 2.75) is 18.9 Å². The zero-order chi connectivity index (χ0) is 21.8. The monoisotopic (exact) mass is 432 g/mol. The third-order valence-electron chi connectivity index (χ3n) is 4.72. The Hall–Kier alpha value is -3.24. The van der Waals surface area contributed by atoms with E-state index in [1.807, 2.05) is 24.3 Å². The number of carbonyl (C=O) groups is 1. The molecule has 0 aliphatic carbocycles. The Balaban J connectivity index is 1.39. The van der Waals surface area contributed by atoms with E-state index in [9.17, 15) is 18.0 Å². The number of halogens is 3. The highest BCUT2D eigenvalue weighted by atomic mass is 19.4. The number of Topliss-reactive ketones (excluding diaryl/α,β-unsaturated/α-hetero) is 1. The molecule has 7 nitrogen and oxygen atoms in total. The van der Waals surface area contributed by atoms with Crippen LogP contribution in [0.4, 0.5) is 13.2 Å². The third kappa shape index (κ3) is 5.47. The van der Waals surface area contributed by atoms with Crippen molar-refractivity contribution < 1.29 is 27.4 Å². The molecule has 1 aromatic heterocycles. The number of ether oxygens (including phenoxy) is 2. The average Bonchev–Trinajstić information content (AvgIpc) is 3.25. The zero-order valence-corrected chi connectivity index (χ0v) is 16.3. The van der Waals surface area contributed by atoms with Crippen molar-refractivity contribution in [2.75, 3.05) is 19.7 Å². The first-order valence-corrected chi connectivity index (χ1v) is 9.60. The van der Waals surface area contributed by atoms with Crippen molar-refractivity contribution in [3.05, 3.63) is 71.5 Å². The van der Waals surface area contributed by atoms with Gasteiger partial charge in [-0.05, 0) is 35.4 Å². The lowest BCUT2D eigenvalue weighted by molar-refractivity contribution is -0.274. The summed E-state index contributed by atoms with van der Waals surface area (Å²) in [5.41, 5.74) is 2.45. The number of rotatable bonds is 6. The fourth-order valence-electron chi connectivity index (χ4n) is 3.20. The molecule has 2 aromatic carbocycles. The second-order valence-electron chi connectivity index (χ2n) is 6.97. The highest BCUT2D eigenvalue weighted by Gasteiger charge is 2.31. The molecule has 1 atom stereocenters. The topological polar surface area (TPSA) is 78.3 Å². The Kier molecular flexibility index (Phi) is 6.01. The van der Waals surface area contributed by atoms with Gasteiger partial charge in [-0.15, -0.1) is 18.3 Å². The van der Waals surface area contributed by atoms with E-state index >= 15 is 0 Å². The van der Waals surface area contributed by atoms with Gasteiger partial charge in [0.2, 0.25) is 0 Å². The highest BCUT2D eigenvalue weighted by molar-refractivity contribution is 5.95. The summed E-state index contributed by atoms with van der Waals surface area (Å²) in [5, 5.41) is 11.4. The van der Waals surface area contributed by atoms with Gasteiger partial charge in [0.15, 0.2) is 5.78 Å². The number of hydrogen-bond donors (Lipinski definition) is 1. The summed E-state index contributed by atoms with van der Waals surface area (Å²) < 4.78 is 46.3. The van der Waals surface area contributed by atoms with Crippen LogP contribution in [-0.4, -0.2) is 46.8 Å². The maximum absolute atomic E-state index is 12.6. The molecule has 3 aromatic rings. The lowest BCUT2D eigenvalue weighted by atomic mass is 10.0. The number of benzene rings is 2. The van der Waals surface area contributed by atoms with Crippen LogP contribution in [0, 0.1) is 0 Å². The van der Waals surface area contributed by atoms with E-state index in [2.05, 4.69) is 20.3 Å². The Morgan fingerprint density at radius 3 is 2.55 bits per heavy atom. The maximum atomic E-state index is 12.6. The third-order valence-corrected chi connectivity index (χ3v) is 4.72. The second-order valence-corrected chi connectivity index (χ2v) is 6.97. The molecule has 1 fully saturated rings. The van der Waals surface area contributed by atoms with Crippen LogP contribution in [0.1, 0.15) is 27.7 Å². The Morgan fingerprint density at radius 2 is 1.90 bits per heavy atom. The maximum Gasteiger partial charge on any atom is 0.573 e. The van der Waals surface area contributed by atoms with Crippen LogP contribution in [0.5, 0.6) is 5.75 Å². The summed E-state index contributed by atoms with van der Waals surface area (Å²) in [4.78, 5) is 13.7. The summed E-state index contributed by atoms with van der Waals surface area (Å²) in [5.74, 6) is -0.566. The van der Waals surface area contributed by atoms with Gasteiger partial charge < -0.3 is 14.8 Å². The van der Waals surface area contributed by atoms with Gasteiger partial charge in [-0.2, -0.15) is 9.90 Å². The molecule has 0 unspecified atom stereocenters. The van der Waals surface area contributed by atoms with Gasteiger partial charge in [-0.3, -0.25) is 4.79 Å². The van der Waals surface area contributed by atoms with E-state index in [-0.39, 0.29) is 29.8 Å². The van der Waals surface area contributed by atoms with Crippen molar-refractivity contribution in [2.24, 2.45) is 0 Å². The smallest absolute Gasteiger partial charge is 0.406 e. The number of ketones is 1.